The van der Waals surface area contributed by atoms with Crippen LogP contribution in [0.2, 0.25) is 5.15 Å². The van der Waals surface area contributed by atoms with Crippen LogP contribution in [0.5, 0.6) is 5.75 Å². The van der Waals surface area contributed by atoms with E-state index in [-0.39, 0.29) is 5.75 Å². The Balaban J connectivity index is 1.61. The topological polar surface area (TPSA) is 38.6 Å². The molecule has 23 heavy (non-hydrogen) atoms. The molecule has 0 saturated carbocycles. The molecule has 1 aromatic carbocycles. The van der Waals surface area contributed by atoms with Gasteiger partial charge in [0.05, 0.1) is 5.69 Å². The maximum atomic E-state index is 12.1. The molecule has 0 atom stereocenters. The van der Waals surface area contributed by atoms with Crippen molar-refractivity contribution in [2.45, 2.75) is 19.7 Å². The fraction of sp³-hybridized carbons (Fsp3) is 0.188. The molecule has 1 N–H and O–H groups in total. The van der Waals surface area contributed by atoms with Crippen molar-refractivity contribution in [2.24, 2.45) is 0 Å². The van der Waals surface area contributed by atoms with E-state index in [1.807, 2.05) is 28.8 Å². The lowest BCUT2D eigenvalue weighted by Gasteiger charge is -2.07. The number of ether oxygens (including phenoxy) is 1. The summed E-state index contributed by atoms with van der Waals surface area (Å²) >= 11 is 6.16. The number of pyridine rings is 1. The van der Waals surface area contributed by atoms with Crippen molar-refractivity contribution in [1.82, 2.24) is 14.7 Å². The summed E-state index contributed by atoms with van der Waals surface area (Å²) in [5, 5.41) is 3.73. The summed E-state index contributed by atoms with van der Waals surface area (Å²) in [6.07, 6.45) is 1.90. The number of benzene rings is 1. The van der Waals surface area contributed by atoms with Gasteiger partial charge in [-0.05, 0) is 29.8 Å². The molecule has 0 aliphatic heterocycles. The van der Waals surface area contributed by atoms with Gasteiger partial charge in [-0.3, -0.25) is 0 Å². The van der Waals surface area contributed by atoms with E-state index in [0.29, 0.717) is 18.2 Å². The average molecular weight is 338 g/mol. The van der Waals surface area contributed by atoms with Crippen molar-refractivity contribution >= 4 is 17.2 Å². The second-order valence-electron chi connectivity index (χ2n) is 4.90. The smallest absolute Gasteiger partial charge is 0.387 e. The van der Waals surface area contributed by atoms with Crippen molar-refractivity contribution < 1.29 is 13.5 Å². The van der Waals surface area contributed by atoms with E-state index in [2.05, 4.69) is 15.0 Å². The molecule has 2 heterocycles. The SMILES string of the molecule is FC(F)Oc1ccc(CNCc2c(Cl)nc3ccccn23)cc1. The van der Waals surface area contributed by atoms with Gasteiger partial charge in [0.15, 0.2) is 5.15 Å². The first-order valence-electron chi connectivity index (χ1n) is 6.99. The Morgan fingerprint density at radius 2 is 1.91 bits per heavy atom. The molecule has 0 saturated heterocycles. The first-order chi connectivity index (χ1) is 11.1. The van der Waals surface area contributed by atoms with Crippen LogP contribution in [0.1, 0.15) is 11.3 Å². The number of hydrogen-bond donors (Lipinski definition) is 1. The second-order valence-corrected chi connectivity index (χ2v) is 5.26. The Bertz CT molecular complexity index is 790. The summed E-state index contributed by atoms with van der Waals surface area (Å²) in [6, 6.07) is 12.2. The number of hydrogen-bond acceptors (Lipinski definition) is 3. The Kier molecular flexibility index (Phi) is 4.73. The zero-order chi connectivity index (χ0) is 16.2. The molecule has 0 unspecified atom stereocenters. The third-order valence-electron chi connectivity index (χ3n) is 3.35. The molecule has 3 rings (SSSR count). The maximum absolute atomic E-state index is 12.1. The van der Waals surface area contributed by atoms with Gasteiger partial charge in [0.25, 0.3) is 0 Å². The van der Waals surface area contributed by atoms with Crippen LogP contribution in [-0.2, 0) is 13.1 Å². The van der Waals surface area contributed by atoms with Crippen LogP contribution >= 0.6 is 11.6 Å². The van der Waals surface area contributed by atoms with E-state index in [0.717, 1.165) is 16.9 Å². The lowest BCUT2D eigenvalue weighted by Crippen LogP contribution is -2.14. The number of aromatic nitrogens is 2. The number of fused-ring (bicyclic) bond motifs is 1. The summed E-state index contributed by atoms with van der Waals surface area (Å²) in [5.74, 6) is 0.147. The molecule has 0 amide bonds. The normalized spacial score (nSPS) is 11.3. The van der Waals surface area contributed by atoms with Crippen molar-refractivity contribution in [2.75, 3.05) is 0 Å². The van der Waals surface area contributed by atoms with Crippen molar-refractivity contribution in [3.63, 3.8) is 0 Å². The summed E-state index contributed by atoms with van der Waals surface area (Å²) in [7, 11) is 0. The molecule has 0 aliphatic rings. The average Bonchev–Trinajstić information content (AvgIpc) is 2.84. The van der Waals surface area contributed by atoms with E-state index >= 15 is 0 Å². The van der Waals surface area contributed by atoms with Crippen molar-refractivity contribution in [1.29, 1.82) is 0 Å². The van der Waals surface area contributed by atoms with E-state index in [4.69, 9.17) is 11.6 Å². The molecular formula is C16H14ClF2N3O. The Morgan fingerprint density at radius 1 is 1.13 bits per heavy atom. The molecule has 0 bridgehead atoms. The second kappa shape index (κ2) is 6.93. The van der Waals surface area contributed by atoms with Crippen LogP contribution in [0, 0.1) is 0 Å². The summed E-state index contributed by atoms with van der Waals surface area (Å²) in [4.78, 5) is 4.28. The fourth-order valence-corrected chi connectivity index (χ4v) is 2.53. The minimum Gasteiger partial charge on any atom is -0.435 e. The lowest BCUT2D eigenvalue weighted by atomic mass is 10.2. The largest absolute Gasteiger partial charge is 0.435 e. The molecule has 0 radical (unpaired) electrons. The van der Waals surface area contributed by atoms with Gasteiger partial charge in [0, 0.05) is 19.3 Å². The molecular weight excluding hydrogens is 324 g/mol. The molecule has 0 fully saturated rings. The number of imidazole rings is 1. The monoisotopic (exact) mass is 337 g/mol. The highest BCUT2D eigenvalue weighted by atomic mass is 35.5. The summed E-state index contributed by atoms with van der Waals surface area (Å²) in [5.41, 5.74) is 2.62. The lowest BCUT2D eigenvalue weighted by molar-refractivity contribution is -0.0498. The molecule has 120 valence electrons. The van der Waals surface area contributed by atoms with Crippen LogP contribution in [0.25, 0.3) is 5.65 Å². The fourth-order valence-electron chi connectivity index (χ4n) is 2.29. The van der Waals surface area contributed by atoms with E-state index < -0.39 is 6.61 Å². The Morgan fingerprint density at radius 3 is 2.65 bits per heavy atom. The van der Waals surface area contributed by atoms with Crippen molar-refractivity contribution in [3.05, 3.63) is 65.1 Å². The standard InChI is InChI=1S/C16H14ClF2N3O/c17-15-13(22-8-2-1-3-14(22)21-15)10-20-9-11-4-6-12(7-5-11)23-16(18)19/h1-8,16,20H,9-10H2. The number of nitrogens with zero attached hydrogens (tertiary/aromatic N) is 2. The third-order valence-corrected chi connectivity index (χ3v) is 3.65. The van der Waals surface area contributed by atoms with Gasteiger partial charge in [-0.2, -0.15) is 8.78 Å². The van der Waals surface area contributed by atoms with Gasteiger partial charge in [0.2, 0.25) is 0 Å². The van der Waals surface area contributed by atoms with Crippen LogP contribution in [0.15, 0.2) is 48.7 Å². The van der Waals surface area contributed by atoms with E-state index in [1.165, 1.54) is 12.1 Å². The molecule has 0 aliphatic carbocycles. The van der Waals surface area contributed by atoms with Crippen molar-refractivity contribution in [3.8, 4) is 5.75 Å². The highest BCUT2D eigenvalue weighted by Crippen LogP contribution is 2.18. The quantitative estimate of drug-likeness (QED) is 0.742. The molecule has 0 spiro atoms. The summed E-state index contributed by atoms with van der Waals surface area (Å²) < 4.78 is 30.4. The van der Waals surface area contributed by atoms with Crippen LogP contribution in [-0.4, -0.2) is 16.0 Å². The zero-order valence-electron chi connectivity index (χ0n) is 12.0. The number of halogens is 3. The molecule has 3 aromatic rings. The van der Waals surface area contributed by atoms with Gasteiger partial charge in [-0.25, -0.2) is 4.98 Å². The van der Waals surface area contributed by atoms with Crippen LogP contribution in [0.4, 0.5) is 8.78 Å². The van der Waals surface area contributed by atoms with E-state index in [1.54, 1.807) is 12.1 Å². The maximum Gasteiger partial charge on any atom is 0.387 e. The van der Waals surface area contributed by atoms with Gasteiger partial charge in [-0.15, -0.1) is 0 Å². The van der Waals surface area contributed by atoms with Gasteiger partial charge >= 0.3 is 6.61 Å². The Hall–Kier alpha value is -2.18. The number of rotatable bonds is 6. The highest BCUT2D eigenvalue weighted by molar-refractivity contribution is 6.30. The number of nitrogens with one attached hydrogen (secondary N) is 1. The molecule has 4 nitrogen and oxygen atoms in total. The van der Waals surface area contributed by atoms with E-state index in [9.17, 15) is 8.78 Å². The highest BCUT2D eigenvalue weighted by Gasteiger charge is 2.09. The van der Waals surface area contributed by atoms with Gasteiger partial charge in [0.1, 0.15) is 11.4 Å². The van der Waals surface area contributed by atoms with Gasteiger partial charge in [-0.1, -0.05) is 29.8 Å². The zero-order valence-corrected chi connectivity index (χ0v) is 12.8. The predicted octanol–water partition coefficient (Wildman–Crippen LogP) is 3.88. The van der Waals surface area contributed by atoms with Gasteiger partial charge < -0.3 is 14.5 Å². The third kappa shape index (κ3) is 3.78. The first-order valence-corrected chi connectivity index (χ1v) is 7.37. The predicted molar refractivity (Wildman–Crippen MR) is 83.8 cm³/mol. The summed E-state index contributed by atoms with van der Waals surface area (Å²) in [6.45, 7) is -1.69. The molecule has 2 aromatic heterocycles. The first kappa shape index (κ1) is 15.7. The number of alkyl halides is 2. The molecule has 7 heteroatoms. The van der Waals surface area contributed by atoms with Crippen LogP contribution in [0.3, 0.4) is 0 Å². The Labute approximate surface area is 136 Å². The van der Waals surface area contributed by atoms with Crippen LogP contribution < -0.4 is 10.1 Å². The minimum absolute atomic E-state index is 0.147. The minimum atomic E-state index is -2.81.